The van der Waals surface area contributed by atoms with Crippen LogP contribution in [0.5, 0.6) is 5.75 Å². The maximum atomic E-state index is 13.0. The van der Waals surface area contributed by atoms with E-state index in [-0.39, 0.29) is 0 Å². The monoisotopic (exact) mass is 329 g/mol. The molecule has 1 aromatic rings. The number of rotatable bonds is 6. The van der Waals surface area contributed by atoms with Crippen LogP contribution < -0.4 is 4.74 Å². The van der Waals surface area contributed by atoms with Crippen molar-refractivity contribution < 1.29 is 18.3 Å². The van der Waals surface area contributed by atoms with Gasteiger partial charge in [0.1, 0.15) is 5.75 Å². The Balaban J connectivity index is 3.57. The van der Waals surface area contributed by atoms with Crippen molar-refractivity contribution >= 4 is 7.60 Å². The lowest BCUT2D eigenvalue weighted by Gasteiger charge is -2.45. The van der Waals surface area contributed by atoms with Gasteiger partial charge in [-0.25, -0.2) is 0 Å². The summed E-state index contributed by atoms with van der Waals surface area (Å²) in [4.78, 5) is 4.43. The van der Waals surface area contributed by atoms with Crippen LogP contribution in [0.4, 0.5) is 0 Å². The molecule has 0 N–H and O–H groups in total. The van der Waals surface area contributed by atoms with Gasteiger partial charge in [-0.1, -0.05) is 13.8 Å². The van der Waals surface area contributed by atoms with E-state index in [2.05, 4.69) is 4.98 Å². The van der Waals surface area contributed by atoms with Crippen molar-refractivity contribution in [3.8, 4) is 5.75 Å². The van der Waals surface area contributed by atoms with Crippen molar-refractivity contribution in [1.29, 1.82) is 0 Å². The van der Waals surface area contributed by atoms with Gasteiger partial charge in [0.2, 0.25) is 0 Å². The predicted octanol–water partition coefficient (Wildman–Crippen LogP) is 4.25. The molecule has 6 heteroatoms. The number of hydrogen-bond donors (Lipinski definition) is 0. The Bertz CT molecular complexity index is 588. The van der Waals surface area contributed by atoms with Gasteiger partial charge in [-0.15, -0.1) is 0 Å². The van der Waals surface area contributed by atoms with Gasteiger partial charge in [0, 0.05) is 25.8 Å². The fourth-order valence-corrected chi connectivity index (χ4v) is 4.71. The Labute approximate surface area is 133 Å². The average Bonchev–Trinajstić information content (AvgIpc) is 2.46. The standard InChI is InChI=1S/C16H28NO4P/c1-11-13(10-17-12(2)14(11)19-7)15(3,4)16(5,6)22(18,20-8)21-9/h10H,1-9H3. The van der Waals surface area contributed by atoms with Crippen molar-refractivity contribution in [2.45, 2.75) is 52.1 Å². The van der Waals surface area contributed by atoms with Gasteiger partial charge in [0.15, 0.2) is 0 Å². The molecule has 126 valence electrons. The summed E-state index contributed by atoms with van der Waals surface area (Å²) in [5, 5.41) is -0.754. The molecule has 0 bridgehead atoms. The van der Waals surface area contributed by atoms with Crippen LogP contribution in [0.25, 0.3) is 0 Å². The molecule has 0 saturated carbocycles. The molecule has 0 radical (unpaired) electrons. The second-order valence-electron chi connectivity index (χ2n) is 6.46. The fourth-order valence-electron chi connectivity index (χ4n) is 2.84. The van der Waals surface area contributed by atoms with Gasteiger partial charge in [0.05, 0.1) is 18.0 Å². The van der Waals surface area contributed by atoms with Crippen LogP contribution in [0.2, 0.25) is 0 Å². The highest BCUT2D eigenvalue weighted by Gasteiger charge is 2.54. The van der Waals surface area contributed by atoms with Crippen LogP contribution in [0.15, 0.2) is 6.20 Å². The maximum absolute atomic E-state index is 13.0. The molecule has 0 aliphatic carbocycles. The molecule has 1 aromatic heterocycles. The lowest BCUT2D eigenvalue weighted by molar-refractivity contribution is 0.223. The minimum Gasteiger partial charge on any atom is -0.495 e. The van der Waals surface area contributed by atoms with Crippen molar-refractivity contribution in [3.05, 3.63) is 23.0 Å². The third-order valence-corrected chi connectivity index (χ3v) is 7.92. The van der Waals surface area contributed by atoms with E-state index >= 15 is 0 Å². The number of ether oxygens (including phenoxy) is 1. The Kier molecular flexibility index (Phi) is 5.49. The summed E-state index contributed by atoms with van der Waals surface area (Å²) in [6.07, 6.45) is 1.82. The second-order valence-corrected chi connectivity index (χ2v) is 9.31. The zero-order chi connectivity index (χ0) is 17.3. The van der Waals surface area contributed by atoms with Crippen LogP contribution in [-0.4, -0.2) is 31.5 Å². The van der Waals surface area contributed by atoms with E-state index in [9.17, 15) is 4.57 Å². The summed E-state index contributed by atoms with van der Waals surface area (Å²) < 4.78 is 29.0. The molecule has 0 fully saturated rings. The number of nitrogens with zero attached hydrogens (tertiary/aromatic N) is 1. The summed E-state index contributed by atoms with van der Waals surface area (Å²) in [7, 11) is 1.18. The summed E-state index contributed by atoms with van der Waals surface area (Å²) in [6, 6.07) is 0. The highest BCUT2D eigenvalue weighted by atomic mass is 31.2. The summed E-state index contributed by atoms with van der Waals surface area (Å²) in [6.45, 7) is 11.7. The molecule has 1 rings (SSSR count). The SMILES string of the molecule is COc1c(C)ncc(C(C)(C)C(C)(C)P(=O)(OC)OC)c1C. The van der Waals surface area contributed by atoms with Crippen molar-refractivity contribution in [1.82, 2.24) is 4.98 Å². The summed E-state index contributed by atoms with van der Waals surface area (Å²) in [5.74, 6) is 0.756. The molecule has 0 atom stereocenters. The van der Waals surface area contributed by atoms with Crippen LogP contribution in [0.1, 0.15) is 44.5 Å². The largest absolute Gasteiger partial charge is 0.495 e. The first-order valence-corrected chi connectivity index (χ1v) is 8.76. The van der Waals surface area contributed by atoms with E-state index in [1.54, 1.807) is 7.11 Å². The van der Waals surface area contributed by atoms with E-state index in [0.717, 1.165) is 22.6 Å². The first-order valence-electron chi connectivity index (χ1n) is 7.22. The zero-order valence-electron chi connectivity index (χ0n) is 15.1. The number of methoxy groups -OCH3 is 1. The van der Waals surface area contributed by atoms with E-state index in [1.807, 2.05) is 47.7 Å². The predicted molar refractivity (Wildman–Crippen MR) is 89.0 cm³/mol. The second kappa shape index (κ2) is 6.31. The van der Waals surface area contributed by atoms with Gasteiger partial charge in [-0.2, -0.15) is 0 Å². The first-order chi connectivity index (χ1) is 10.00. The van der Waals surface area contributed by atoms with Gasteiger partial charge in [0.25, 0.3) is 0 Å². The lowest BCUT2D eigenvalue weighted by Crippen LogP contribution is -2.43. The van der Waals surface area contributed by atoms with E-state index in [1.165, 1.54) is 14.2 Å². The van der Waals surface area contributed by atoms with E-state index in [0.29, 0.717) is 0 Å². The fraction of sp³-hybridized carbons (Fsp3) is 0.688. The molecule has 0 amide bonds. The van der Waals surface area contributed by atoms with Crippen LogP contribution in [-0.2, 0) is 19.0 Å². The summed E-state index contributed by atoms with van der Waals surface area (Å²) in [5.41, 5.74) is 2.28. The first kappa shape index (κ1) is 19.1. The molecule has 0 aliphatic heterocycles. The number of aryl methyl sites for hydroxylation is 1. The van der Waals surface area contributed by atoms with Crippen LogP contribution >= 0.6 is 7.60 Å². The molecule has 0 spiro atoms. The van der Waals surface area contributed by atoms with Gasteiger partial charge in [-0.3, -0.25) is 9.55 Å². The highest BCUT2D eigenvalue weighted by Crippen LogP contribution is 2.65. The third kappa shape index (κ3) is 2.70. The Morgan fingerprint density at radius 2 is 1.55 bits per heavy atom. The molecule has 0 saturated heterocycles. The molecular weight excluding hydrogens is 301 g/mol. The van der Waals surface area contributed by atoms with Gasteiger partial charge >= 0.3 is 7.60 Å². The molecule has 5 nitrogen and oxygen atoms in total. The van der Waals surface area contributed by atoms with Crippen LogP contribution in [0, 0.1) is 13.8 Å². The molecule has 1 heterocycles. The number of pyridine rings is 1. The molecule has 22 heavy (non-hydrogen) atoms. The highest BCUT2D eigenvalue weighted by molar-refractivity contribution is 7.55. The minimum absolute atomic E-state index is 0.507. The normalized spacial score (nSPS) is 13.3. The zero-order valence-corrected chi connectivity index (χ0v) is 16.0. The van der Waals surface area contributed by atoms with E-state index < -0.39 is 18.2 Å². The van der Waals surface area contributed by atoms with E-state index in [4.69, 9.17) is 13.8 Å². The topological polar surface area (TPSA) is 57.7 Å². The maximum Gasteiger partial charge on any atom is 0.336 e. The third-order valence-electron chi connectivity index (χ3n) is 5.03. The smallest absolute Gasteiger partial charge is 0.336 e. The van der Waals surface area contributed by atoms with Gasteiger partial charge in [-0.05, 0) is 38.8 Å². The Hall–Kier alpha value is -0.900. The minimum atomic E-state index is -3.29. The molecule has 0 aromatic carbocycles. The number of hydrogen-bond acceptors (Lipinski definition) is 5. The molecule has 0 aliphatic rings. The number of aromatic nitrogens is 1. The van der Waals surface area contributed by atoms with Crippen molar-refractivity contribution in [2.24, 2.45) is 0 Å². The average molecular weight is 329 g/mol. The lowest BCUT2D eigenvalue weighted by atomic mass is 9.73. The molecule has 0 unspecified atom stereocenters. The summed E-state index contributed by atoms with van der Waals surface area (Å²) >= 11 is 0. The Morgan fingerprint density at radius 1 is 1.05 bits per heavy atom. The van der Waals surface area contributed by atoms with Gasteiger partial charge < -0.3 is 13.8 Å². The van der Waals surface area contributed by atoms with Crippen LogP contribution in [0.3, 0.4) is 0 Å². The molecular formula is C16H28NO4P. The quantitative estimate of drug-likeness (QED) is 0.730. The van der Waals surface area contributed by atoms with Crippen molar-refractivity contribution in [3.63, 3.8) is 0 Å². The van der Waals surface area contributed by atoms with Crippen molar-refractivity contribution in [2.75, 3.05) is 21.3 Å². The Morgan fingerprint density at radius 3 is 1.95 bits per heavy atom.